The maximum Gasteiger partial charge on any atom is 0.255 e. The minimum absolute atomic E-state index is 0.0514. The lowest BCUT2D eigenvalue weighted by molar-refractivity contribution is -0.128. The number of amides is 2. The molecule has 5 rings (SSSR count). The molecule has 0 atom stereocenters. The zero-order valence-corrected chi connectivity index (χ0v) is 21.1. The van der Waals surface area contributed by atoms with Gasteiger partial charge in [-0.15, -0.1) is 0 Å². The second-order valence-electron chi connectivity index (χ2n) is 8.98. The standard InChI is InChI=1S/C28H27FN6O3/c1-17(36)34-13-10-19(11-14-34)25-23-9-12-31-28(30)35(23)26(33-25)20-5-3-18(4-6-20)16-32-27(37)22-15-21(29)7-8-24(22)38-2/h3-10,12,15H,11,13-14,16H2,1-2H3,(H2,30,31)(H,32,37). The molecule has 1 aliphatic rings. The topological polar surface area (TPSA) is 115 Å². The van der Waals surface area contributed by atoms with Crippen LogP contribution < -0.4 is 15.8 Å². The summed E-state index contributed by atoms with van der Waals surface area (Å²) in [6.45, 7) is 3.00. The Labute approximate surface area is 218 Å². The number of ether oxygens (including phenoxy) is 1. The number of imidazole rings is 1. The molecule has 4 aromatic rings. The van der Waals surface area contributed by atoms with E-state index >= 15 is 0 Å². The Morgan fingerprint density at radius 3 is 2.63 bits per heavy atom. The molecule has 38 heavy (non-hydrogen) atoms. The normalized spacial score (nSPS) is 13.3. The molecule has 1 aliphatic heterocycles. The summed E-state index contributed by atoms with van der Waals surface area (Å²) < 4.78 is 20.6. The number of nitrogens with two attached hydrogens (primary N) is 1. The van der Waals surface area contributed by atoms with E-state index in [1.54, 1.807) is 18.0 Å². The molecule has 10 heteroatoms. The molecule has 0 bridgehead atoms. The lowest BCUT2D eigenvalue weighted by atomic mass is 10.0. The molecule has 0 unspecified atom stereocenters. The quantitative estimate of drug-likeness (QED) is 0.406. The zero-order valence-electron chi connectivity index (χ0n) is 21.1. The van der Waals surface area contributed by atoms with Crippen LogP contribution in [0.4, 0.5) is 10.3 Å². The van der Waals surface area contributed by atoms with Crippen LogP contribution in [-0.4, -0.2) is 51.3 Å². The van der Waals surface area contributed by atoms with Gasteiger partial charge < -0.3 is 20.7 Å². The number of aromatic nitrogens is 3. The van der Waals surface area contributed by atoms with Gasteiger partial charge in [0, 0.05) is 38.3 Å². The van der Waals surface area contributed by atoms with Crippen LogP contribution in [0.15, 0.2) is 60.8 Å². The van der Waals surface area contributed by atoms with E-state index in [4.69, 9.17) is 15.5 Å². The van der Waals surface area contributed by atoms with Gasteiger partial charge >= 0.3 is 0 Å². The molecule has 0 aliphatic carbocycles. The Hall–Kier alpha value is -4.73. The number of hydrogen-bond donors (Lipinski definition) is 2. The van der Waals surface area contributed by atoms with E-state index in [0.717, 1.165) is 34.0 Å². The number of halogens is 1. The highest BCUT2D eigenvalue weighted by Gasteiger charge is 2.22. The average molecular weight is 515 g/mol. The highest BCUT2D eigenvalue weighted by Crippen LogP contribution is 2.31. The fourth-order valence-electron chi connectivity index (χ4n) is 4.57. The van der Waals surface area contributed by atoms with Crippen LogP contribution in [0, 0.1) is 5.82 Å². The van der Waals surface area contributed by atoms with Crippen LogP contribution in [0.1, 0.15) is 35.0 Å². The van der Waals surface area contributed by atoms with E-state index in [9.17, 15) is 14.0 Å². The molecule has 9 nitrogen and oxygen atoms in total. The summed E-state index contributed by atoms with van der Waals surface area (Å²) in [5.41, 5.74) is 10.8. The third-order valence-corrected chi connectivity index (χ3v) is 6.61. The number of nitrogens with zero attached hydrogens (tertiary/aromatic N) is 4. The van der Waals surface area contributed by atoms with E-state index in [1.165, 1.54) is 19.2 Å². The lowest BCUT2D eigenvalue weighted by Gasteiger charge is -2.24. The molecule has 0 radical (unpaired) electrons. The zero-order chi connectivity index (χ0) is 26.8. The molecular formula is C28H27FN6O3. The van der Waals surface area contributed by atoms with Crippen molar-refractivity contribution >= 4 is 28.9 Å². The molecule has 0 saturated heterocycles. The molecule has 3 N–H and O–H groups in total. The smallest absolute Gasteiger partial charge is 0.255 e. The molecule has 194 valence electrons. The van der Waals surface area contributed by atoms with Gasteiger partial charge in [0.05, 0.1) is 23.9 Å². The molecule has 0 fully saturated rings. The number of benzene rings is 2. The number of carbonyl (C=O) groups is 2. The molecule has 2 aromatic carbocycles. The first-order valence-corrected chi connectivity index (χ1v) is 12.1. The third-order valence-electron chi connectivity index (χ3n) is 6.61. The predicted octanol–water partition coefficient (Wildman–Crippen LogP) is 3.69. The summed E-state index contributed by atoms with van der Waals surface area (Å²) in [4.78, 5) is 35.3. The van der Waals surface area contributed by atoms with Crippen LogP contribution in [0.3, 0.4) is 0 Å². The Bertz CT molecular complexity index is 1560. The van der Waals surface area contributed by atoms with E-state index in [1.807, 2.05) is 40.8 Å². The van der Waals surface area contributed by atoms with E-state index < -0.39 is 11.7 Å². The fraction of sp³-hybridized carbons (Fsp3) is 0.214. The maximum atomic E-state index is 13.6. The Balaban J connectivity index is 1.39. The van der Waals surface area contributed by atoms with Gasteiger partial charge in [-0.1, -0.05) is 30.3 Å². The number of hydrogen-bond acceptors (Lipinski definition) is 6. The highest BCUT2D eigenvalue weighted by atomic mass is 19.1. The first kappa shape index (κ1) is 24.9. The van der Waals surface area contributed by atoms with E-state index in [-0.39, 0.29) is 18.0 Å². The van der Waals surface area contributed by atoms with Crippen molar-refractivity contribution in [1.82, 2.24) is 24.6 Å². The minimum Gasteiger partial charge on any atom is -0.496 e. The van der Waals surface area contributed by atoms with Gasteiger partial charge in [0.15, 0.2) is 0 Å². The summed E-state index contributed by atoms with van der Waals surface area (Å²) >= 11 is 0. The Morgan fingerprint density at radius 1 is 1.16 bits per heavy atom. The fourth-order valence-corrected chi connectivity index (χ4v) is 4.57. The number of methoxy groups -OCH3 is 1. The van der Waals surface area contributed by atoms with Gasteiger partial charge in [-0.25, -0.2) is 14.4 Å². The number of nitrogen functional groups attached to an aromatic ring is 1. The average Bonchev–Trinajstić information content (AvgIpc) is 3.33. The van der Waals surface area contributed by atoms with Crippen molar-refractivity contribution in [2.45, 2.75) is 19.9 Å². The Kier molecular flexibility index (Phi) is 6.78. The van der Waals surface area contributed by atoms with Gasteiger partial charge in [0.1, 0.15) is 17.4 Å². The second-order valence-corrected chi connectivity index (χ2v) is 8.98. The maximum absolute atomic E-state index is 13.6. The van der Waals surface area contributed by atoms with Crippen LogP contribution >= 0.6 is 0 Å². The van der Waals surface area contributed by atoms with Crippen LogP contribution in [-0.2, 0) is 11.3 Å². The van der Waals surface area contributed by atoms with Crippen molar-refractivity contribution in [3.63, 3.8) is 0 Å². The largest absolute Gasteiger partial charge is 0.496 e. The first-order valence-electron chi connectivity index (χ1n) is 12.1. The van der Waals surface area contributed by atoms with Gasteiger partial charge in [-0.3, -0.25) is 14.0 Å². The number of nitrogens with one attached hydrogen (secondary N) is 1. The highest BCUT2D eigenvalue weighted by molar-refractivity contribution is 5.96. The number of fused-ring (bicyclic) bond motifs is 1. The minimum atomic E-state index is -0.513. The van der Waals surface area contributed by atoms with E-state index in [0.29, 0.717) is 37.0 Å². The summed E-state index contributed by atoms with van der Waals surface area (Å²) in [5, 5.41) is 2.80. The number of carbonyl (C=O) groups excluding carboxylic acids is 2. The van der Waals surface area contributed by atoms with Gasteiger partial charge in [-0.05, 0) is 41.8 Å². The molecule has 2 amide bonds. The molecule has 2 aromatic heterocycles. The number of rotatable bonds is 6. The van der Waals surface area contributed by atoms with Gasteiger partial charge in [0.25, 0.3) is 5.91 Å². The van der Waals surface area contributed by atoms with Crippen molar-refractivity contribution in [3.05, 3.63) is 83.4 Å². The van der Waals surface area contributed by atoms with Crippen molar-refractivity contribution < 1.29 is 18.7 Å². The summed E-state index contributed by atoms with van der Waals surface area (Å²) in [5.74, 6) is 0.372. The summed E-state index contributed by atoms with van der Waals surface area (Å²) in [6.07, 6.45) is 4.39. The van der Waals surface area contributed by atoms with Crippen LogP contribution in [0.25, 0.3) is 22.5 Å². The van der Waals surface area contributed by atoms with Crippen LogP contribution in [0.5, 0.6) is 5.75 Å². The monoisotopic (exact) mass is 514 g/mol. The van der Waals surface area contributed by atoms with E-state index in [2.05, 4.69) is 10.3 Å². The van der Waals surface area contributed by atoms with Gasteiger partial charge in [0.2, 0.25) is 11.9 Å². The Morgan fingerprint density at radius 2 is 1.95 bits per heavy atom. The van der Waals surface area contributed by atoms with Crippen molar-refractivity contribution in [1.29, 1.82) is 0 Å². The van der Waals surface area contributed by atoms with Crippen molar-refractivity contribution in [2.75, 3.05) is 25.9 Å². The summed E-state index contributed by atoms with van der Waals surface area (Å²) in [7, 11) is 1.43. The van der Waals surface area contributed by atoms with Crippen molar-refractivity contribution in [2.24, 2.45) is 0 Å². The predicted molar refractivity (Wildman–Crippen MR) is 142 cm³/mol. The first-order chi connectivity index (χ1) is 18.4. The lowest BCUT2D eigenvalue weighted by Crippen LogP contribution is -2.32. The molecule has 3 heterocycles. The molecular weight excluding hydrogens is 487 g/mol. The number of anilines is 1. The molecule has 0 spiro atoms. The third kappa shape index (κ3) is 4.80. The SMILES string of the molecule is COc1ccc(F)cc1C(=O)NCc1ccc(-c2nc(C3=CCN(C(C)=O)CC3)c3ccnc(N)n23)cc1. The molecule has 0 saturated carbocycles. The van der Waals surface area contributed by atoms with Gasteiger partial charge in [-0.2, -0.15) is 0 Å². The second kappa shape index (κ2) is 10.3. The van der Waals surface area contributed by atoms with Crippen LogP contribution in [0.2, 0.25) is 0 Å². The summed E-state index contributed by atoms with van der Waals surface area (Å²) in [6, 6.07) is 13.3. The van der Waals surface area contributed by atoms with Crippen molar-refractivity contribution in [3.8, 4) is 17.1 Å².